The summed E-state index contributed by atoms with van der Waals surface area (Å²) in [6, 6.07) is 11.3. The quantitative estimate of drug-likeness (QED) is 0.779. The van der Waals surface area contributed by atoms with E-state index in [2.05, 4.69) is 18.0 Å². The van der Waals surface area contributed by atoms with Gasteiger partial charge in [-0.2, -0.15) is 0 Å². The van der Waals surface area contributed by atoms with Gasteiger partial charge < -0.3 is 5.11 Å². The molecule has 0 aliphatic carbocycles. The largest absolute Gasteiger partial charge is 0.478 e. The van der Waals surface area contributed by atoms with Gasteiger partial charge in [-0.15, -0.1) is 0 Å². The topological polar surface area (TPSA) is 55.1 Å². The van der Waals surface area contributed by atoms with E-state index in [1.807, 2.05) is 36.6 Å². The average molecular weight is 280 g/mol. The molecule has 4 heteroatoms. The van der Waals surface area contributed by atoms with Gasteiger partial charge in [0.15, 0.2) is 0 Å². The van der Waals surface area contributed by atoms with Gasteiger partial charge in [-0.1, -0.05) is 12.1 Å². The summed E-state index contributed by atoms with van der Waals surface area (Å²) in [5.41, 5.74) is 4.93. The van der Waals surface area contributed by atoms with Gasteiger partial charge in [-0.3, -0.25) is 4.57 Å². The molecule has 0 atom stereocenters. The van der Waals surface area contributed by atoms with Crippen molar-refractivity contribution >= 4 is 17.0 Å². The number of nitrogens with zero attached hydrogens (tertiary/aromatic N) is 2. The predicted molar refractivity (Wildman–Crippen MR) is 82.2 cm³/mol. The summed E-state index contributed by atoms with van der Waals surface area (Å²) in [5, 5.41) is 9.42. The molecule has 0 spiro atoms. The minimum atomic E-state index is -0.939. The zero-order valence-electron chi connectivity index (χ0n) is 12.2. The second-order valence-electron chi connectivity index (χ2n) is 5.24. The lowest BCUT2D eigenvalue weighted by atomic mass is 10.1. The van der Waals surface area contributed by atoms with E-state index in [9.17, 15) is 9.90 Å². The monoisotopic (exact) mass is 280 g/mol. The van der Waals surface area contributed by atoms with E-state index >= 15 is 0 Å². The second kappa shape index (κ2) is 4.74. The number of carboxylic acid groups (broad SMARTS) is 1. The summed E-state index contributed by atoms with van der Waals surface area (Å²) in [7, 11) is 0. The lowest BCUT2D eigenvalue weighted by Crippen LogP contribution is -2.03. The molecule has 1 heterocycles. The van der Waals surface area contributed by atoms with Gasteiger partial charge in [0, 0.05) is 5.69 Å². The van der Waals surface area contributed by atoms with Crippen molar-refractivity contribution in [3.8, 4) is 5.69 Å². The van der Waals surface area contributed by atoms with Gasteiger partial charge in [0.25, 0.3) is 0 Å². The molecule has 1 N–H and O–H groups in total. The molecule has 0 bridgehead atoms. The Labute approximate surface area is 122 Å². The first-order valence-electron chi connectivity index (χ1n) is 6.78. The van der Waals surface area contributed by atoms with E-state index in [0.717, 1.165) is 11.5 Å². The summed E-state index contributed by atoms with van der Waals surface area (Å²) < 4.78 is 1.91. The number of carbonyl (C=O) groups is 1. The zero-order chi connectivity index (χ0) is 15.1. The Hall–Kier alpha value is -2.62. The molecule has 21 heavy (non-hydrogen) atoms. The van der Waals surface area contributed by atoms with Crippen LogP contribution in [0.1, 0.15) is 27.3 Å². The third-order valence-electron chi connectivity index (χ3n) is 3.82. The molecule has 0 fully saturated rings. The summed E-state index contributed by atoms with van der Waals surface area (Å²) in [6.45, 7) is 5.99. The molecule has 0 aliphatic heterocycles. The first-order valence-corrected chi connectivity index (χ1v) is 6.78. The van der Waals surface area contributed by atoms with Crippen LogP contribution in [0.2, 0.25) is 0 Å². The van der Waals surface area contributed by atoms with Crippen LogP contribution < -0.4 is 0 Å². The number of hydrogen-bond acceptors (Lipinski definition) is 2. The summed E-state index contributed by atoms with van der Waals surface area (Å²) in [6.07, 6.45) is 0. The van der Waals surface area contributed by atoms with Gasteiger partial charge >= 0.3 is 5.97 Å². The normalized spacial score (nSPS) is 11.0. The standard InChI is InChI=1S/C17H16N2O2/c1-10-7-8-13(9-11(10)2)19-12(3)18-15-6-4-5-14(16(15)19)17(20)21/h4-9H,1-3H3,(H,20,21). The van der Waals surface area contributed by atoms with E-state index in [-0.39, 0.29) is 5.56 Å². The average Bonchev–Trinajstić information content (AvgIpc) is 2.77. The number of imidazole rings is 1. The molecule has 0 saturated carbocycles. The summed E-state index contributed by atoms with van der Waals surface area (Å²) >= 11 is 0. The third-order valence-corrected chi connectivity index (χ3v) is 3.82. The Balaban J connectivity index is 2.38. The molecule has 0 radical (unpaired) electrons. The van der Waals surface area contributed by atoms with Crippen LogP contribution in [-0.2, 0) is 0 Å². The van der Waals surface area contributed by atoms with E-state index < -0.39 is 5.97 Å². The lowest BCUT2D eigenvalue weighted by Gasteiger charge is -2.10. The zero-order valence-corrected chi connectivity index (χ0v) is 12.2. The summed E-state index contributed by atoms with van der Waals surface area (Å²) in [5.74, 6) is -0.160. The fourth-order valence-corrected chi connectivity index (χ4v) is 2.60. The Morgan fingerprint density at radius 1 is 1.10 bits per heavy atom. The van der Waals surface area contributed by atoms with Crippen LogP contribution in [0.5, 0.6) is 0 Å². The van der Waals surface area contributed by atoms with Crippen molar-refractivity contribution < 1.29 is 9.90 Å². The molecule has 0 aliphatic rings. The number of fused-ring (bicyclic) bond motifs is 1. The molecule has 0 amide bonds. The highest BCUT2D eigenvalue weighted by Crippen LogP contribution is 2.25. The highest BCUT2D eigenvalue weighted by Gasteiger charge is 2.17. The molecule has 3 rings (SSSR count). The van der Waals surface area contributed by atoms with Gasteiger partial charge in [0.05, 0.1) is 16.6 Å². The van der Waals surface area contributed by atoms with Gasteiger partial charge in [-0.05, 0) is 56.2 Å². The first-order chi connectivity index (χ1) is 9.99. The highest BCUT2D eigenvalue weighted by atomic mass is 16.4. The van der Waals surface area contributed by atoms with Crippen molar-refractivity contribution in [2.45, 2.75) is 20.8 Å². The van der Waals surface area contributed by atoms with Crippen LogP contribution >= 0.6 is 0 Å². The number of aromatic nitrogens is 2. The van der Waals surface area contributed by atoms with Crippen molar-refractivity contribution in [2.75, 3.05) is 0 Å². The predicted octanol–water partition coefficient (Wildman–Crippen LogP) is 3.65. The molecule has 106 valence electrons. The number of carboxylic acids is 1. The van der Waals surface area contributed by atoms with Crippen molar-refractivity contribution in [3.63, 3.8) is 0 Å². The maximum Gasteiger partial charge on any atom is 0.337 e. The van der Waals surface area contributed by atoms with Crippen molar-refractivity contribution in [3.05, 3.63) is 58.9 Å². The molecule has 4 nitrogen and oxygen atoms in total. The van der Waals surface area contributed by atoms with Gasteiger partial charge in [0.2, 0.25) is 0 Å². The highest BCUT2D eigenvalue weighted by molar-refractivity contribution is 6.01. The molecule has 1 aromatic heterocycles. The van der Waals surface area contributed by atoms with Crippen LogP contribution in [-0.4, -0.2) is 20.6 Å². The third kappa shape index (κ3) is 2.09. The van der Waals surface area contributed by atoms with E-state index in [0.29, 0.717) is 11.0 Å². The van der Waals surface area contributed by atoms with Crippen molar-refractivity contribution in [2.24, 2.45) is 0 Å². The Morgan fingerprint density at radius 3 is 2.52 bits per heavy atom. The van der Waals surface area contributed by atoms with Crippen molar-refractivity contribution in [1.82, 2.24) is 9.55 Å². The molecule has 0 saturated heterocycles. The Bertz CT molecular complexity index is 863. The van der Waals surface area contributed by atoms with Gasteiger partial charge in [-0.25, -0.2) is 9.78 Å². The fourth-order valence-electron chi connectivity index (χ4n) is 2.60. The maximum atomic E-state index is 11.5. The molecule has 2 aromatic carbocycles. The number of benzene rings is 2. The molecule has 3 aromatic rings. The van der Waals surface area contributed by atoms with Crippen molar-refractivity contribution in [1.29, 1.82) is 0 Å². The lowest BCUT2D eigenvalue weighted by molar-refractivity contribution is 0.0698. The Kier molecular flexibility index (Phi) is 3.01. The SMILES string of the molecule is Cc1ccc(-n2c(C)nc3cccc(C(=O)O)c32)cc1C. The second-order valence-corrected chi connectivity index (χ2v) is 5.24. The minimum absolute atomic E-state index is 0.270. The number of rotatable bonds is 2. The first kappa shape index (κ1) is 13.4. The molecule has 0 unspecified atom stereocenters. The van der Waals surface area contributed by atoms with Crippen LogP contribution in [0.4, 0.5) is 0 Å². The smallest absolute Gasteiger partial charge is 0.337 e. The summed E-state index contributed by atoms with van der Waals surface area (Å²) in [4.78, 5) is 16.0. The fraction of sp³-hybridized carbons (Fsp3) is 0.176. The number of aromatic carboxylic acids is 1. The number of para-hydroxylation sites is 1. The Morgan fingerprint density at radius 2 is 1.86 bits per heavy atom. The van der Waals surface area contributed by atoms with Crippen LogP contribution in [0.3, 0.4) is 0 Å². The van der Waals surface area contributed by atoms with E-state index in [1.165, 1.54) is 11.1 Å². The van der Waals surface area contributed by atoms with Crippen LogP contribution in [0.25, 0.3) is 16.7 Å². The van der Waals surface area contributed by atoms with E-state index in [4.69, 9.17) is 0 Å². The van der Waals surface area contributed by atoms with Crippen LogP contribution in [0.15, 0.2) is 36.4 Å². The molecular weight excluding hydrogens is 264 g/mol. The molecular formula is C17H16N2O2. The van der Waals surface area contributed by atoms with E-state index in [1.54, 1.807) is 12.1 Å². The number of hydrogen-bond donors (Lipinski definition) is 1. The number of aryl methyl sites for hydroxylation is 3. The minimum Gasteiger partial charge on any atom is -0.478 e. The maximum absolute atomic E-state index is 11.5. The van der Waals surface area contributed by atoms with Gasteiger partial charge in [0.1, 0.15) is 5.82 Å². The van der Waals surface area contributed by atoms with Crippen LogP contribution in [0, 0.1) is 20.8 Å².